The predicted octanol–water partition coefficient (Wildman–Crippen LogP) is 4.32. The van der Waals surface area contributed by atoms with Gasteiger partial charge in [0.2, 0.25) is 0 Å². The minimum atomic E-state index is 0.448. The van der Waals surface area contributed by atoms with Crippen LogP contribution < -0.4 is 5.32 Å². The first-order chi connectivity index (χ1) is 9.08. The summed E-state index contributed by atoms with van der Waals surface area (Å²) in [5.41, 5.74) is 0.789. The van der Waals surface area contributed by atoms with Gasteiger partial charge in [0.05, 0.1) is 22.5 Å². The van der Waals surface area contributed by atoms with Crippen molar-refractivity contribution in [1.29, 1.82) is 5.26 Å². The van der Waals surface area contributed by atoms with Gasteiger partial charge in [-0.05, 0) is 36.8 Å². The van der Waals surface area contributed by atoms with Gasteiger partial charge < -0.3 is 10.2 Å². The van der Waals surface area contributed by atoms with Crippen LogP contribution in [0.25, 0.3) is 0 Å². The Morgan fingerprint density at radius 2 is 2.11 bits per heavy atom. The molecule has 0 unspecified atom stereocenters. The normalized spacial score (nSPS) is 9.79. The van der Waals surface area contributed by atoms with E-state index >= 15 is 0 Å². The number of nitrogens with zero attached hydrogens (tertiary/aromatic N) is 2. The fourth-order valence-corrected chi connectivity index (χ4v) is 2.14. The van der Waals surface area contributed by atoms with Gasteiger partial charge in [0.25, 0.3) is 0 Å². The number of anilines is 1. The van der Waals surface area contributed by atoms with Gasteiger partial charge in [-0.3, -0.25) is 0 Å². The molecular formula is C13H15Cl2N3S. The molecule has 0 aliphatic carbocycles. The van der Waals surface area contributed by atoms with Crippen LogP contribution in [0.4, 0.5) is 5.69 Å². The number of rotatable bonds is 5. The predicted molar refractivity (Wildman–Crippen MR) is 84.8 cm³/mol. The van der Waals surface area contributed by atoms with E-state index in [-0.39, 0.29) is 0 Å². The first-order valence-electron chi connectivity index (χ1n) is 5.96. The molecule has 3 nitrogen and oxygen atoms in total. The van der Waals surface area contributed by atoms with Crippen molar-refractivity contribution in [2.45, 2.75) is 19.8 Å². The summed E-state index contributed by atoms with van der Waals surface area (Å²) in [6.07, 6.45) is 1.41. The van der Waals surface area contributed by atoms with Crippen LogP contribution in [0, 0.1) is 11.3 Å². The zero-order chi connectivity index (χ0) is 14.3. The Morgan fingerprint density at radius 1 is 1.37 bits per heavy atom. The average molecular weight is 316 g/mol. The van der Waals surface area contributed by atoms with Crippen molar-refractivity contribution in [3.8, 4) is 6.07 Å². The zero-order valence-corrected chi connectivity index (χ0v) is 12.9. The second kappa shape index (κ2) is 8.21. The summed E-state index contributed by atoms with van der Waals surface area (Å²) in [5, 5.41) is 13.3. The van der Waals surface area contributed by atoms with E-state index in [1.54, 1.807) is 12.1 Å². The van der Waals surface area contributed by atoms with Crippen molar-refractivity contribution in [2.24, 2.45) is 0 Å². The fraction of sp³-hybridized carbons (Fsp3) is 0.385. The molecule has 0 aromatic heterocycles. The van der Waals surface area contributed by atoms with Gasteiger partial charge in [0, 0.05) is 18.8 Å². The van der Waals surface area contributed by atoms with E-state index in [1.165, 1.54) is 0 Å². The number of benzene rings is 1. The lowest BCUT2D eigenvalue weighted by molar-refractivity contribution is 0.432. The Labute approximate surface area is 129 Å². The summed E-state index contributed by atoms with van der Waals surface area (Å²) in [4.78, 5) is 1.97. The second-order valence-corrected chi connectivity index (χ2v) is 5.16. The molecule has 0 atom stereocenters. The summed E-state index contributed by atoms with van der Waals surface area (Å²) in [6, 6.07) is 7.38. The molecule has 0 heterocycles. The maximum Gasteiger partial charge on any atom is 0.173 e. The van der Waals surface area contributed by atoms with Crippen molar-refractivity contribution in [1.82, 2.24) is 4.90 Å². The Kier molecular flexibility index (Phi) is 6.93. The van der Waals surface area contributed by atoms with Gasteiger partial charge in [-0.15, -0.1) is 0 Å². The van der Waals surface area contributed by atoms with Crippen molar-refractivity contribution in [3.05, 3.63) is 28.2 Å². The van der Waals surface area contributed by atoms with Crippen molar-refractivity contribution in [3.63, 3.8) is 0 Å². The topological polar surface area (TPSA) is 39.1 Å². The van der Waals surface area contributed by atoms with Gasteiger partial charge in [-0.1, -0.05) is 30.1 Å². The van der Waals surface area contributed by atoms with E-state index in [2.05, 4.69) is 18.3 Å². The second-order valence-electron chi connectivity index (χ2n) is 3.95. The third-order valence-electron chi connectivity index (χ3n) is 2.45. The standard InChI is InChI=1S/C13H15Cl2N3S/c1-2-7-18(8-3-6-16)13(19)17-10-4-5-11(14)12(15)9-10/h4-5,9H,2-3,7-8H2,1H3,(H,17,19). The van der Waals surface area contributed by atoms with E-state index in [1.807, 2.05) is 11.0 Å². The molecular weight excluding hydrogens is 301 g/mol. The molecule has 0 aliphatic rings. The first kappa shape index (κ1) is 16.0. The highest BCUT2D eigenvalue weighted by Gasteiger charge is 2.09. The van der Waals surface area contributed by atoms with Crippen LogP contribution in [0.15, 0.2) is 18.2 Å². The lowest BCUT2D eigenvalue weighted by Crippen LogP contribution is -2.36. The minimum absolute atomic E-state index is 0.448. The molecule has 1 rings (SSSR count). The molecule has 1 aromatic carbocycles. The minimum Gasteiger partial charge on any atom is -0.348 e. The molecule has 0 radical (unpaired) electrons. The van der Waals surface area contributed by atoms with E-state index in [4.69, 9.17) is 40.7 Å². The van der Waals surface area contributed by atoms with Crippen LogP contribution in [-0.4, -0.2) is 23.1 Å². The summed E-state index contributed by atoms with van der Waals surface area (Å²) in [6.45, 7) is 3.51. The van der Waals surface area contributed by atoms with Crippen LogP contribution in [0.5, 0.6) is 0 Å². The van der Waals surface area contributed by atoms with E-state index < -0.39 is 0 Å². The van der Waals surface area contributed by atoms with Gasteiger partial charge in [0.1, 0.15) is 0 Å². The van der Waals surface area contributed by atoms with Crippen LogP contribution in [0.1, 0.15) is 19.8 Å². The van der Waals surface area contributed by atoms with Crippen LogP contribution in [0.3, 0.4) is 0 Å². The quantitative estimate of drug-likeness (QED) is 0.821. The number of hydrogen-bond acceptors (Lipinski definition) is 2. The maximum absolute atomic E-state index is 8.65. The Bertz CT molecular complexity index is 485. The van der Waals surface area contributed by atoms with Crippen molar-refractivity contribution < 1.29 is 0 Å². The van der Waals surface area contributed by atoms with Crippen molar-refractivity contribution in [2.75, 3.05) is 18.4 Å². The summed E-state index contributed by atoms with van der Waals surface area (Å²) < 4.78 is 0. The van der Waals surface area contributed by atoms with Crippen molar-refractivity contribution >= 4 is 46.2 Å². The SMILES string of the molecule is CCCN(CCC#N)C(=S)Nc1ccc(Cl)c(Cl)c1. The highest BCUT2D eigenvalue weighted by atomic mass is 35.5. The molecule has 0 saturated heterocycles. The molecule has 0 spiro atoms. The molecule has 1 N–H and O–H groups in total. The van der Waals surface area contributed by atoms with Crippen LogP contribution >= 0.6 is 35.4 Å². The van der Waals surface area contributed by atoms with E-state index in [0.717, 1.165) is 18.7 Å². The summed E-state index contributed by atoms with van der Waals surface area (Å²) in [5.74, 6) is 0. The number of nitrogens with one attached hydrogen (secondary N) is 1. The summed E-state index contributed by atoms with van der Waals surface area (Å²) >= 11 is 17.2. The highest BCUT2D eigenvalue weighted by molar-refractivity contribution is 7.80. The number of thiocarbonyl (C=S) groups is 1. The molecule has 0 fully saturated rings. The molecule has 0 saturated carbocycles. The highest BCUT2D eigenvalue weighted by Crippen LogP contribution is 2.25. The van der Waals surface area contributed by atoms with Crippen LogP contribution in [-0.2, 0) is 0 Å². The number of hydrogen-bond donors (Lipinski definition) is 1. The lowest BCUT2D eigenvalue weighted by atomic mass is 10.3. The smallest absolute Gasteiger partial charge is 0.173 e. The molecule has 0 bridgehead atoms. The Balaban J connectivity index is 2.69. The maximum atomic E-state index is 8.65. The average Bonchev–Trinajstić information content (AvgIpc) is 2.38. The fourth-order valence-electron chi connectivity index (χ4n) is 1.55. The molecule has 102 valence electrons. The third-order valence-corrected chi connectivity index (χ3v) is 3.54. The molecule has 6 heteroatoms. The lowest BCUT2D eigenvalue weighted by Gasteiger charge is -2.24. The molecule has 19 heavy (non-hydrogen) atoms. The van der Waals surface area contributed by atoms with E-state index in [0.29, 0.717) is 28.1 Å². The molecule has 1 aromatic rings. The van der Waals surface area contributed by atoms with E-state index in [9.17, 15) is 0 Å². The van der Waals surface area contributed by atoms with Gasteiger partial charge in [0.15, 0.2) is 5.11 Å². The van der Waals surface area contributed by atoms with Gasteiger partial charge in [-0.25, -0.2) is 0 Å². The Morgan fingerprint density at radius 3 is 2.68 bits per heavy atom. The first-order valence-corrected chi connectivity index (χ1v) is 7.12. The monoisotopic (exact) mass is 315 g/mol. The molecule has 0 amide bonds. The largest absolute Gasteiger partial charge is 0.348 e. The van der Waals surface area contributed by atoms with Crippen LogP contribution in [0.2, 0.25) is 10.0 Å². The number of halogens is 2. The van der Waals surface area contributed by atoms with Gasteiger partial charge in [-0.2, -0.15) is 5.26 Å². The summed E-state index contributed by atoms with van der Waals surface area (Å²) in [7, 11) is 0. The molecule has 0 aliphatic heterocycles. The van der Waals surface area contributed by atoms with Gasteiger partial charge >= 0.3 is 0 Å². The number of nitriles is 1. The Hall–Kier alpha value is -1.02. The third kappa shape index (κ3) is 5.23. The zero-order valence-electron chi connectivity index (χ0n) is 10.6.